The molecule has 0 aliphatic rings. The van der Waals surface area contributed by atoms with Crippen LogP contribution < -0.4 is 15.4 Å². The van der Waals surface area contributed by atoms with Gasteiger partial charge in [0.2, 0.25) is 0 Å². The molecule has 1 atom stereocenters. The predicted molar refractivity (Wildman–Crippen MR) is 90.8 cm³/mol. The summed E-state index contributed by atoms with van der Waals surface area (Å²) in [5.41, 5.74) is -0.0590. The summed E-state index contributed by atoms with van der Waals surface area (Å²) in [4.78, 5) is 12.1. The Morgan fingerprint density at radius 2 is 1.79 bits per heavy atom. The minimum absolute atomic E-state index is 0.103. The number of anilines is 1. The average Bonchev–Trinajstić information content (AvgIpc) is 2.60. The van der Waals surface area contributed by atoms with Crippen molar-refractivity contribution in [3.05, 3.63) is 59.9 Å². The van der Waals surface area contributed by atoms with Gasteiger partial charge in [-0.25, -0.2) is 9.18 Å². The molecule has 0 saturated heterocycles. The zero-order valence-corrected chi connectivity index (χ0v) is 13.9. The van der Waals surface area contributed by atoms with E-state index in [1.165, 1.54) is 20.3 Å². The van der Waals surface area contributed by atoms with Gasteiger partial charge in [0.05, 0.1) is 19.3 Å². The van der Waals surface area contributed by atoms with Crippen molar-refractivity contribution in [2.75, 3.05) is 26.1 Å². The molecule has 0 heterocycles. The number of halogens is 1. The van der Waals surface area contributed by atoms with E-state index < -0.39 is 11.6 Å². The molecule has 2 rings (SSSR count). The van der Waals surface area contributed by atoms with Gasteiger partial charge < -0.3 is 20.1 Å². The number of para-hydroxylation sites is 2. The largest absolute Gasteiger partial charge is 0.495 e. The summed E-state index contributed by atoms with van der Waals surface area (Å²) in [5, 5.41) is 5.40. The molecule has 2 aromatic rings. The second kappa shape index (κ2) is 7.79. The number of methoxy groups -OCH3 is 2. The third-order valence-electron chi connectivity index (χ3n) is 3.84. The van der Waals surface area contributed by atoms with Crippen molar-refractivity contribution in [1.29, 1.82) is 0 Å². The van der Waals surface area contributed by atoms with Crippen molar-refractivity contribution in [3.8, 4) is 5.75 Å². The molecule has 0 spiro atoms. The van der Waals surface area contributed by atoms with Crippen LogP contribution in [0, 0.1) is 5.82 Å². The lowest BCUT2D eigenvalue weighted by atomic mass is 9.95. The van der Waals surface area contributed by atoms with Gasteiger partial charge in [-0.05, 0) is 25.1 Å². The lowest BCUT2D eigenvalue weighted by Crippen LogP contribution is -2.42. The molecule has 2 N–H and O–H groups in total. The van der Waals surface area contributed by atoms with Crippen molar-refractivity contribution in [2.24, 2.45) is 0 Å². The van der Waals surface area contributed by atoms with E-state index in [1.54, 1.807) is 43.3 Å². The summed E-state index contributed by atoms with van der Waals surface area (Å²) in [6.45, 7) is 1.82. The molecule has 6 heteroatoms. The number of ether oxygens (including phenoxy) is 2. The van der Waals surface area contributed by atoms with E-state index in [0.717, 1.165) is 0 Å². The second-order valence-electron chi connectivity index (χ2n) is 5.42. The Labute approximate surface area is 140 Å². The molecule has 0 bridgehead atoms. The van der Waals surface area contributed by atoms with Gasteiger partial charge in [-0.2, -0.15) is 0 Å². The van der Waals surface area contributed by atoms with Crippen LogP contribution in [0.25, 0.3) is 0 Å². The summed E-state index contributed by atoms with van der Waals surface area (Å²) in [6, 6.07) is 13.0. The molecule has 0 aliphatic carbocycles. The summed E-state index contributed by atoms with van der Waals surface area (Å²) in [7, 11) is 3.00. The summed E-state index contributed by atoms with van der Waals surface area (Å²) in [6.07, 6.45) is 0. The highest BCUT2D eigenvalue weighted by Crippen LogP contribution is 2.26. The molecular formula is C18H21FN2O3. The fourth-order valence-corrected chi connectivity index (χ4v) is 2.33. The highest BCUT2D eigenvalue weighted by molar-refractivity contribution is 5.90. The Bertz CT molecular complexity index is 708. The average molecular weight is 332 g/mol. The summed E-state index contributed by atoms with van der Waals surface area (Å²) in [5.74, 6) is 0.171. The SMILES string of the molecule is COc1ccccc1NC(=O)NC[C@@](C)(OC)c1ccccc1F. The van der Waals surface area contributed by atoms with Crippen LogP contribution in [0.4, 0.5) is 14.9 Å². The van der Waals surface area contributed by atoms with Crippen LogP contribution in [0.5, 0.6) is 5.75 Å². The topological polar surface area (TPSA) is 59.6 Å². The van der Waals surface area contributed by atoms with Crippen molar-refractivity contribution >= 4 is 11.7 Å². The van der Waals surface area contributed by atoms with Gasteiger partial charge in [0, 0.05) is 12.7 Å². The van der Waals surface area contributed by atoms with E-state index in [-0.39, 0.29) is 12.4 Å². The zero-order chi connectivity index (χ0) is 17.6. The third-order valence-corrected chi connectivity index (χ3v) is 3.84. The fraction of sp³-hybridized carbons (Fsp3) is 0.278. The lowest BCUT2D eigenvalue weighted by molar-refractivity contribution is 0.00235. The minimum Gasteiger partial charge on any atom is -0.495 e. The smallest absolute Gasteiger partial charge is 0.319 e. The van der Waals surface area contributed by atoms with Crippen LogP contribution in [-0.4, -0.2) is 26.8 Å². The van der Waals surface area contributed by atoms with Gasteiger partial charge in [-0.3, -0.25) is 0 Å². The molecule has 24 heavy (non-hydrogen) atoms. The van der Waals surface area contributed by atoms with Gasteiger partial charge in [0.15, 0.2) is 0 Å². The van der Waals surface area contributed by atoms with Crippen LogP contribution in [-0.2, 0) is 10.3 Å². The number of hydrogen-bond acceptors (Lipinski definition) is 3. The Balaban J connectivity index is 2.05. The first-order valence-electron chi connectivity index (χ1n) is 7.48. The Hall–Kier alpha value is -2.60. The second-order valence-corrected chi connectivity index (χ2v) is 5.42. The van der Waals surface area contributed by atoms with Crippen molar-refractivity contribution < 1.29 is 18.7 Å². The molecule has 0 radical (unpaired) electrons. The number of nitrogens with one attached hydrogen (secondary N) is 2. The molecule has 0 aliphatic heterocycles. The maximum atomic E-state index is 14.0. The van der Waals surface area contributed by atoms with Crippen LogP contribution in [0.3, 0.4) is 0 Å². The molecule has 0 unspecified atom stereocenters. The number of amides is 2. The number of carbonyl (C=O) groups excluding carboxylic acids is 1. The number of carbonyl (C=O) groups is 1. The van der Waals surface area contributed by atoms with E-state index in [0.29, 0.717) is 17.0 Å². The van der Waals surface area contributed by atoms with Gasteiger partial charge in [0.25, 0.3) is 0 Å². The highest BCUT2D eigenvalue weighted by Gasteiger charge is 2.29. The molecule has 2 aromatic carbocycles. The molecule has 0 fully saturated rings. The van der Waals surface area contributed by atoms with E-state index in [1.807, 2.05) is 6.07 Å². The predicted octanol–water partition coefficient (Wildman–Crippen LogP) is 3.52. The van der Waals surface area contributed by atoms with E-state index in [2.05, 4.69) is 10.6 Å². The standard InChI is InChI=1S/C18H21FN2O3/c1-18(24-3,13-8-4-5-9-14(13)19)12-20-17(22)21-15-10-6-7-11-16(15)23-2/h4-11H,12H2,1-3H3,(H2,20,21,22)/t18-/m1/s1. The quantitative estimate of drug-likeness (QED) is 0.851. The molecule has 128 valence electrons. The van der Waals surface area contributed by atoms with Crippen molar-refractivity contribution in [2.45, 2.75) is 12.5 Å². The molecule has 2 amide bonds. The van der Waals surface area contributed by atoms with Crippen LogP contribution >= 0.6 is 0 Å². The summed E-state index contributed by atoms with van der Waals surface area (Å²) < 4.78 is 24.6. The van der Waals surface area contributed by atoms with Gasteiger partial charge in [-0.1, -0.05) is 30.3 Å². The van der Waals surface area contributed by atoms with E-state index in [9.17, 15) is 9.18 Å². The Kier molecular flexibility index (Phi) is 5.76. The monoisotopic (exact) mass is 332 g/mol. The third kappa shape index (κ3) is 4.02. The van der Waals surface area contributed by atoms with Crippen molar-refractivity contribution in [1.82, 2.24) is 5.32 Å². The van der Waals surface area contributed by atoms with Gasteiger partial charge in [0.1, 0.15) is 17.2 Å². The first-order valence-corrected chi connectivity index (χ1v) is 7.48. The van der Waals surface area contributed by atoms with E-state index in [4.69, 9.17) is 9.47 Å². The lowest BCUT2D eigenvalue weighted by Gasteiger charge is -2.29. The molecule has 5 nitrogen and oxygen atoms in total. The van der Waals surface area contributed by atoms with Gasteiger partial charge in [-0.15, -0.1) is 0 Å². The number of rotatable bonds is 6. The summed E-state index contributed by atoms with van der Waals surface area (Å²) >= 11 is 0. The van der Waals surface area contributed by atoms with Gasteiger partial charge >= 0.3 is 6.03 Å². The number of urea groups is 1. The van der Waals surface area contributed by atoms with Crippen LogP contribution in [0.15, 0.2) is 48.5 Å². The van der Waals surface area contributed by atoms with Crippen LogP contribution in [0.2, 0.25) is 0 Å². The zero-order valence-electron chi connectivity index (χ0n) is 13.9. The number of hydrogen-bond donors (Lipinski definition) is 2. The first-order chi connectivity index (χ1) is 11.5. The molecular weight excluding hydrogens is 311 g/mol. The fourth-order valence-electron chi connectivity index (χ4n) is 2.33. The van der Waals surface area contributed by atoms with Crippen LogP contribution in [0.1, 0.15) is 12.5 Å². The number of benzene rings is 2. The maximum Gasteiger partial charge on any atom is 0.319 e. The normalized spacial score (nSPS) is 13.0. The molecule has 0 saturated carbocycles. The maximum absolute atomic E-state index is 14.0. The molecule has 0 aromatic heterocycles. The van der Waals surface area contributed by atoms with E-state index >= 15 is 0 Å². The Morgan fingerprint density at radius 1 is 1.12 bits per heavy atom. The van der Waals surface area contributed by atoms with Crippen molar-refractivity contribution in [3.63, 3.8) is 0 Å². The minimum atomic E-state index is -0.983. The first kappa shape index (κ1) is 17.7. The Morgan fingerprint density at radius 3 is 2.46 bits per heavy atom. The highest BCUT2D eigenvalue weighted by atomic mass is 19.1.